The highest BCUT2D eigenvalue weighted by Crippen LogP contribution is 2.15. The minimum atomic E-state index is 0.585. The Balaban J connectivity index is 2.41. The predicted molar refractivity (Wildman–Crippen MR) is 92.1 cm³/mol. The Bertz CT molecular complexity index is 372. The van der Waals surface area contributed by atoms with Gasteiger partial charge in [0, 0.05) is 6.04 Å². The van der Waals surface area contributed by atoms with Gasteiger partial charge in [-0.15, -0.1) is 6.58 Å². The van der Waals surface area contributed by atoms with Gasteiger partial charge in [0.05, 0.1) is 7.11 Å². The van der Waals surface area contributed by atoms with Crippen LogP contribution in [0, 0.1) is 0 Å². The van der Waals surface area contributed by atoms with Gasteiger partial charge in [-0.3, -0.25) is 0 Å². The van der Waals surface area contributed by atoms with Gasteiger partial charge in [0.1, 0.15) is 5.75 Å². The number of unbranched alkanes of at least 4 members (excludes halogenated alkanes) is 3. The second-order valence-corrected chi connectivity index (χ2v) is 5.63. The number of methoxy groups -OCH3 is 1. The number of nitrogens with one attached hydrogen (secondary N) is 1. The quantitative estimate of drug-likeness (QED) is 0.443. The molecular weight excluding hydrogens is 258 g/mol. The number of ether oxygens (including phenoxy) is 1. The van der Waals surface area contributed by atoms with E-state index >= 15 is 0 Å². The maximum absolute atomic E-state index is 5.22. The van der Waals surface area contributed by atoms with E-state index in [9.17, 15) is 0 Å². The van der Waals surface area contributed by atoms with Crippen molar-refractivity contribution in [2.24, 2.45) is 0 Å². The van der Waals surface area contributed by atoms with Crippen LogP contribution in [-0.4, -0.2) is 19.7 Å². The fourth-order valence-electron chi connectivity index (χ4n) is 2.53. The summed E-state index contributed by atoms with van der Waals surface area (Å²) in [4.78, 5) is 0. The van der Waals surface area contributed by atoms with Crippen LogP contribution in [0.25, 0.3) is 0 Å². The van der Waals surface area contributed by atoms with Crippen molar-refractivity contribution in [3.05, 3.63) is 42.5 Å². The smallest absolute Gasteiger partial charge is 0.118 e. The van der Waals surface area contributed by atoms with E-state index in [1.54, 1.807) is 7.11 Å². The van der Waals surface area contributed by atoms with Crippen LogP contribution >= 0.6 is 0 Å². The van der Waals surface area contributed by atoms with E-state index in [1.165, 1.54) is 37.7 Å². The summed E-state index contributed by atoms with van der Waals surface area (Å²) in [5, 5.41) is 3.69. The van der Waals surface area contributed by atoms with Crippen molar-refractivity contribution in [3.63, 3.8) is 0 Å². The van der Waals surface area contributed by atoms with Gasteiger partial charge < -0.3 is 10.1 Å². The second-order valence-electron chi connectivity index (χ2n) is 5.63. The molecule has 0 heterocycles. The van der Waals surface area contributed by atoms with E-state index in [1.807, 2.05) is 6.08 Å². The average Bonchev–Trinajstić information content (AvgIpc) is 2.52. The van der Waals surface area contributed by atoms with Crippen LogP contribution in [0.2, 0.25) is 0 Å². The summed E-state index contributed by atoms with van der Waals surface area (Å²) in [5.41, 5.74) is 1.38. The molecule has 0 amide bonds. The van der Waals surface area contributed by atoms with E-state index in [0.29, 0.717) is 6.04 Å². The minimum absolute atomic E-state index is 0.585. The normalized spacial score (nSPS) is 12.1. The fourth-order valence-corrected chi connectivity index (χ4v) is 2.53. The Hall–Kier alpha value is -1.28. The van der Waals surface area contributed by atoms with Gasteiger partial charge in [0.2, 0.25) is 0 Å². The maximum Gasteiger partial charge on any atom is 0.118 e. The van der Waals surface area contributed by atoms with Crippen molar-refractivity contribution >= 4 is 0 Å². The SMILES string of the molecule is C=CCCCCCC(Cc1ccc(OC)cc1)NCCC. The zero-order chi connectivity index (χ0) is 15.3. The number of rotatable bonds is 12. The third-order valence-corrected chi connectivity index (χ3v) is 3.79. The third-order valence-electron chi connectivity index (χ3n) is 3.79. The molecule has 0 aliphatic rings. The lowest BCUT2D eigenvalue weighted by atomic mass is 9.99. The summed E-state index contributed by atoms with van der Waals surface area (Å²) in [6.07, 6.45) is 10.6. The van der Waals surface area contributed by atoms with Crippen LogP contribution in [0.5, 0.6) is 5.75 Å². The van der Waals surface area contributed by atoms with Crippen LogP contribution in [0.1, 0.15) is 51.0 Å². The lowest BCUT2D eigenvalue weighted by Gasteiger charge is -2.19. The zero-order valence-electron chi connectivity index (χ0n) is 13.7. The summed E-state index contributed by atoms with van der Waals surface area (Å²) in [5.74, 6) is 0.932. The molecule has 0 bridgehead atoms. The number of allylic oxidation sites excluding steroid dienone is 1. The molecule has 2 nitrogen and oxygen atoms in total. The summed E-state index contributed by atoms with van der Waals surface area (Å²) in [6, 6.07) is 9.04. The summed E-state index contributed by atoms with van der Waals surface area (Å²) < 4.78 is 5.22. The van der Waals surface area contributed by atoms with Crippen LogP contribution in [0.4, 0.5) is 0 Å². The van der Waals surface area contributed by atoms with Crippen LogP contribution < -0.4 is 10.1 Å². The molecule has 1 rings (SSSR count). The topological polar surface area (TPSA) is 21.3 Å². The first kappa shape index (κ1) is 17.8. The first-order chi connectivity index (χ1) is 10.3. The number of hydrogen-bond donors (Lipinski definition) is 1. The number of benzene rings is 1. The lowest BCUT2D eigenvalue weighted by molar-refractivity contribution is 0.414. The summed E-state index contributed by atoms with van der Waals surface area (Å²) in [6.45, 7) is 7.11. The van der Waals surface area contributed by atoms with Crippen molar-refractivity contribution in [2.45, 2.75) is 57.9 Å². The molecule has 0 saturated heterocycles. The van der Waals surface area contributed by atoms with Crippen LogP contribution in [-0.2, 0) is 6.42 Å². The van der Waals surface area contributed by atoms with Crippen molar-refractivity contribution in [1.82, 2.24) is 5.32 Å². The molecular formula is C19H31NO. The van der Waals surface area contributed by atoms with Gasteiger partial charge in [0.25, 0.3) is 0 Å². The molecule has 0 fully saturated rings. The Kier molecular flexibility index (Phi) is 9.64. The van der Waals surface area contributed by atoms with E-state index in [2.05, 4.69) is 43.1 Å². The molecule has 0 radical (unpaired) electrons. The monoisotopic (exact) mass is 289 g/mol. The summed E-state index contributed by atoms with van der Waals surface area (Å²) in [7, 11) is 1.71. The second kappa shape index (κ2) is 11.4. The highest BCUT2D eigenvalue weighted by molar-refractivity contribution is 5.27. The molecule has 1 unspecified atom stereocenters. The highest BCUT2D eigenvalue weighted by Gasteiger charge is 2.08. The third kappa shape index (κ3) is 7.91. The molecule has 118 valence electrons. The van der Waals surface area contributed by atoms with Crippen molar-refractivity contribution in [3.8, 4) is 5.75 Å². The van der Waals surface area contributed by atoms with E-state index in [-0.39, 0.29) is 0 Å². The van der Waals surface area contributed by atoms with Gasteiger partial charge in [-0.25, -0.2) is 0 Å². The molecule has 1 N–H and O–H groups in total. The van der Waals surface area contributed by atoms with Crippen molar-refractivity contribution in [1.29, 1.82) is 0 Å². The molecule has 0 spiro atoms. The van der Waals surface area contributed by atoms with Crippen LogP contribution in [0.3, 0.4) is 0 Å². The van der Waals surface area contributed by atoms with Gasteiger partial charge in [0.15, 0.2) is 0 Å². The number of hydrogen-bond acceptors (Lipinski definition) is 2. The lowest BCUT2D eigenvalue weighted by Crippen LogP contribution is -2.31. The molecule has 21 heavy (non-hydrogen) atoms. The van der Waals surface area contributed by atoms with E-state index in [0.717, 1.165) is 25.1 Å². The van der Waals surface area contributed by atoms with Crippen molar-refractivity contribution < 1.29 is 4.74 Å². The fraction of sp³-hybridized carbons (Fsp3) is 0.579. The molecule has 1 aromatic carbocycles. The Labute approximate surface area is 130 Å². The van der Waals surface area contributed by atoms with Gasteiger partial charge >= 0.3 is 0 Å². The van der Waals surface area contributed by atoms with Gasteiger partial charge in [-0.2, -0.15) is 0 Å². The van der Waals surface area contributed by atoms with Crippen LogP contribution in [0.15, 0.2) is 36.9 Å². The zero-order valence-corrected chi connectivity index (χ0v) is 13.7. The molecule has 0 aromatic heterocycles. The molecule has 1 atom stereocenters. The summed E-state index contributed by atoms with van der Waals surface area (Å²) >= 11 is 0. The van der Waals surface area contributed by atoms with E-state index in [4.69, 9.17) is 4.74 Å². The van der Waals surface area contributed by atoms with Gasteiger partial charge in [-0.05, 0) is 56.3 Å². The Morgan fingerprint density at radius 1 is 1.19 bits per heavy atom. The molecule has 0 saturated carbocycles. The first-order valence-electron chi connectivity index (χ1n) is 8.27. The first-order valence-corrected chi connectivity index (χ1v) is 8.27. The largest absolute Gasteiger partial charge is 0.497 e. The standard InChI is InChI=1S/C19H31NO/c1-4-6-7-8-9-10-18(20-15-5-2)16-17-11-13-19(21-3)14-12-17/h4,11-14,18,20H,1,5-10,15-16H2,2-3H3. The maximum atomic E-state index is 5.22. The Morgan fingerprint density at radius 3 is 2.57 bits per heavy atom. The molecule has 1 aromatic rings. The Morgan fingerprint density at radius 2 is 1.95 bits per heavy atom. The predicted octanol–water partition coefficient (Wildman–Crippen LogP) is 4.74. The molecule has 2 heteroatoms. The molecule has 0 aliphatic heterocycles. The van der Waals surface area contributed by atoms with Crippen molar-refractivity contribution in [2.75, 3.05) is 13.7 Å². The van der Waals surface area contributed by atoms with E-state index < -0.39 is 0 Å². The molecule has 0 aliphatic carbocycles. The highest BCUT2D eigenvalue weighted by atomic mass is 16.5. The average molecular weight is 289 g/mol. The minimum Gasteiger partial charge on any atom is -0.497 e. The van der Waals surface area contributed by atoms with Gasteiger partial charge in [-0.1, -0.05) is 38.0 Å².